The van der Waals surface area contributed by atoms with E-state index in [2.05, 4.69) is 50.3 Å². The lowest BCUT2D eigenvalue weighted by atomic mass is 10.2. The third kappa shape index (κ3) is 2.24. The summed E-state index contributed by atoms with van der Waals surface area (Å²) in [5, 5.41) is 9.04. The van der Waals surface area contributed by atoms with Crippen molar-refractivity contribution >= 4 is 22.2 Å². The van der Waals surface area contributed by atoms with E-state index >= 15 is 0 Å². The van der Waals surface area contributed by atoms with Crippen LogP contribution in [0.4, 0.5) is 10.8 Å². The average molecular weight is 246 g/mol. The third-order valence-electron chi connectivity index (χ3n) is 3.02. The van der Waals surface area contributed by atoms with Gasteiger partial charge in [-0.15, -0.1) is 10.2 Å². The van der Waals surface area contributed by atoms with Gasteiger partial charge in [0.15, 0.2) is 0 Å². The largest absolute Gasteiger partial charge is 0.368 e. The van der Waals surface area contributed by atoms with Crippen LogP contribution in [0.3, 0.4) is 0 Å². The number of rotatable bonds is 2. The molecule has 0 unspecified atom stereocenters. The number of hydrogen-bond donors (Lipinski definition) is 0. The Morgan fingerprint density at radius 1 is 0.941 bits per heavy atom. The molecule has 88 valence electrons. The third-order valence-corrected chi connectivity index (χ3v) is 3.77. The molecule has 1 aromatic carbocycles. The van der Waals surface area contributed by atoms with Gasteiger partial charge in [0.25, 0.3) is 0 Å². The van der Waals surface area contributed by atoms with Crippen molar-refractivity contribution in [2.45, 2.75) is 0 Å². The second-order valence-electron chi connectivity index (χ2n) is 4.03. The summed E-state index contributed by atoms with van der Waals surface area (Å²) in [5.74, 6) is 0. The van der Waals surface area contributed by atoms with Gasteiger partial charge < -0.3 is 9.80 Å². The molecule has 1 saturated heterocycles. The van der Waals surface area contributed by atoms with Crippen molar-refractivity contribution in [1.29, 1.82) is 0 Å². The van der Waals surface area contributed by atoms with Crippen LogP contribution in [0.5, 0.6) is 0 Å². The smallest absolute Gasteiger partial charge is 0.208 e. The Kier molecular flexibility index (Phi) is 2.92. The lowest BCUT2D eigenvalue weighted by Gasteiger charge is -2.35. The standard InChI is InChI=1S/C12H14N4S/c1-2-4-11(5-3-1)15-6-8-16(9-7-15)12-14-13-10-17-12/h1-5,10H,6-9H2. The zero-order chi connectivity index (χ0) is 11.5. The molecular formula is C12H14N4S. The second-order valence-corrected chi connectivity index (χ2v) is 4.84. The Bertz CT molecular complexity index is 449. The van der Waals surface area contributed by atoms with Crippen molar-refractivity contribution in [3.8, 4) is 0 Å². The summed E-state index contributed by atoms with van der Waals surface area (Å²) in [6.07, 6.45) is 0. The molecule has 0 spiro atoms. The maximum absolute atomic E-state index is 4.11. The molecule has 0 amide bonds. The van der Waals surface area contributed by atoms with Gasteiger partial charge in [0, 0.05) is 31.9 Å². The number of para-hydroxylation sites is 1. The van der Waals surface area contributed by atoms with E-state index in [1.165, 1.54) is 5.69 Å². The molecule has 0 N–H and O–H groups in total. The fourth-order valence-electron chi connectivity index (χ4n) is 2.10. The number of piperazine rings is 1. The van der Waals surface area contributed by atoms with Gasteiger partial charge in [-0.2, -0.15) is 0 Å². The SMILES string of the molecule is c1ccc(N2CCN(c3nncs3)CC2)cc1. The molecule has 0 atom stereocenters. The normalized spacial score (nSPS) is 16.2. The second kappa shape index (κ2) is 4.71. The van der Waals surface area contributed by atoms with Crippen LogP contribution in [0.1, 0.15) is 0 Å². The summed E-state index contributed by atoms with van der Waals surface area (Å²) >= 11 is 1.61. The van der Waals surface area contributed by atoms with Crippen molar-refractivity contribution in [3.63, 3.8) is 0 Å². The highest BCUT2D eigenvalue weighted by Gasteiger charge is 2.18. The zero-order valence-corrected chi connectivity index (χ0v) is 10.3. The lowest BCUT2D eigenvalue weighted by molar-refractivity contribution is 0.650. The fourth-order valence-corrected chi connectivity index (χ4v) is 2.71. The first-order chi connectivity index (χ1) is 8.43. The van der Waals surface area contributed by atoms with Crippen LogP contribution < -0.4 is 9.80 Å². The van der Waals surface area contributed by atoms with Crippen LogP contribution in [-0.2, 0) is 0 Å². The summed E-state index contributed by atoms with van der Waals surface area (Å²) in [4.78, 5) is 4.72. The van der Waals surface area contributed by atoms with Gasteiger partial charge in [-0.05, 0) is 12.1 Å². The Balaban J connectivity index is 1.65. The van der Waals surface area contributed by atoms with E-state index < -0.39 is 0 Å². The Morgan fingerprint density at radius 2 is 1.65 bits per heavy atom. The van der Waals surface area contributed by atoms with E-state index in [-0.39, 0.29) is 0 Å². The molecule has 0 aliphatic carbocycles. The fraction of sp³-hybridized carbons (Fsp3) is 0.333. The highest BCUT2D eigenvalue weighted by atomic mass is 32.1. The van der Waals surface area contributed by atoms with Crippen molar-refractivity contribution in [3.05, 3.63) is 35.8 Å². The summed E-state index contributed by atoms with van der Waals surface area (Å²) in [7, 11) is 0. The van der Waals surface area contributed by atoms with Gasteiger partial charge >= 0.3 is 0 Å². The van der Waals surface area contributed by atoms with Crippen molar-refractivity contribution in [2.24, 2.45) is 0 Å². The minimum Gasteiger partial charge on any atom is -0.368 e. The maximum atomic E-state index is 4.11. The molecule has 5 heteroatoms. The van der Waals surface area contributed by atoms with E-state index in [0.29, 0.717) is 0 Å². The highest BCUT2D eigenvalue weighted by molar-refractivity contribution is 7.13. The van der Waals surface area contributed by atoms with E-state index in [0.717, 1.165) is 31.3 Å². The molecule has 1 fully saturated rings. The summed E-state index contributed by atoms with van der Waals surface area (Å²) in [5.41, 5.74) is 3.10. The Labute approximate surface area is 105 Å². The van der Waals surface area contributed by atoms with E-state index in [9.17, 15) is 0 Å². The molecule has 0 radical (unpaired) electrons. The molecule has 3 rings (SSSR count). The van der Waals surface area contributed by atoms with Gasteiger partial charge in [-0.1, -0.05) is 29.5 Å². The molecule has 0 bridgehead atoms. The molecular weight excluding hydrogens is 232 g/mol. The van der Waals surface area contributed by atoms with Crippen molar-refractivity contribution in [2.75, 3.05) is 36.0 Å². The first kappa shape index (κ1) is 10.5. The number of anilines is 2. The van der Waals surface area contributed by atoms with E-state index in [1.54, 1.807) is 16.8 Å². The van der Waals surface area contributed by atoms with Crippen LogP contribution in [-0.4, -0.2) is 36.4 Å². The highest BCUT2D eigenvalue weighted by Crippen LogP contribution is 2.20. The predicted molar refractivity (Wildman–Crippen MR) is 70.8 cm³/mol. The van der Waals surface area contributed by atoms with E-state index in [4.69, 9.17) is 0 Å². The Morgan fingerprint density at radius 3 is 2.29 bits per heavy atom. The van der Waals surface area contributed by atoms with Crippen molar-refractivity contribution < 1.29 is 0 Å². The number of hydrogen-bond acceptors (Lipinski definition) is 5. The van der Waals surface area contributed by atoms with E-state index in [1.807, 2.05) is 0 Å². The molecule has 17 heavy (non-hydrogen) atoms. The van der Waals surface area contributed by atoms with Gasteiger partial charge in [-0.3, -0.25) is 0 Å². The minimum absolute atomic E-state index is 1.02. The minimum atomic E-state index is 1.02. The molecule has 2 aromatic rings. The van der Waals surface area contributed by atoms with Crippen LogP contribution in [0.25, 0.3) is 0 Å². The molecule has 0 saturated carbocycles. The van der Waals surface area contributed by atoms with Crippen LogP contribution in [0.15, 0.2) is 35.8 Å². The zero-order valence-electron chi connectivity index (χ0n) is 9.49. The van der Waals surface area contributed by atoms with Gasteiger partial charge in [0.2, 0.25) is 5.13 Å². The van der Waals surface area contributed by atoms with Gasteiger partial charge in [0.1, 0.15) is 5.51 Å². The van der Waals surface area contributed by atoms with Crippen molar-refractivity contribution in [1.82, 2.24) is 10.2 Å². The molecule has 1 aliphatic heterocycles. The maximum Gasteiger partial charge on any atom is 0.208 e. The number of nitrogens with zero attached hydrogens (tertiary/aromatic N) is 4. The monoisotopic (exact) mass is 246 g/mol. The first-order valence-electron chi connectivity index (χ1n) is 5.74. The lowest BCUT2D eigenvalue weighted by Crippen LogP contribution is -2.46. The molecule has 4 nitrogen and oxygen atoms in total. The molecule has 1 aromatic heterocycles. The average Bonchev–Trinajstić information content (AvgIpc) is 2.94. The first-order valence-corrected chi connectivity index (χ1v) is 6.62. The summed E-state index contributed by atoms with van der Waals surface area (Å²) < 4.78 is 0. The van der Waals surface area contributed by atoms with Crippen LogP contribution in [0.2, 0.25) is 0 Å². The number of benzene rings is 1. The molecule has 1 aliphatic rings. The van der Waals surface area contributed by atoms with Crippen LogP contribution in [0, 0.1) is 0 Å². The predicted octanol–water partition coefficient (Wildman–Crippen LogP) is 1.86. The Hall–Kier alpha value is -1.62. The van der Waals surface area contributed by atoms with Gasteiger partial charge in [-0.25, -0.2) is 0 Å². The quantitative estimate of drug-likeness (QED) is 0.809. The summed E-state index contributed by atoms with van der Waals surface area (Å²) in [6, 6.07) is 10.6. The number of aromatic nitrogens is 2. The van der Waals surface area contributed by atoms with Crippen LogP contribution >= 0.6 is 11.3 Å². The topological polar surface area (TPSA) is 32.3 Å². The summed E-state index contributed by atoms with van der Waals surface area (Å²) in [6.45, 7) is 4.13. The molecule has 2 heterocycles. The van der Waals surface area contributed by atoms with Gasteiger partial charge in [0.05, 0.1) is 0 Å².